The Morgan fingerprint density at radius 1 is 1.28 bits per heavy atom. The average Bonchev–Trinajstić information content (AvgIpc) is 3.07. The molecular formula is C16H17N7O2. The van der Waals surface area contributed by atoms with Gasteiger partial charge in [-0.25, -0.2) is 15.0 Å². The number of aryl methyl sites for hydroxylation is 1. The molecule has 1 aliphatic heterocycles. The Hall–Kier alpha value is -3.36. The quantitative estimate of drug-likeness (QED) is 0.744. The van der Waals surface area contributed by atoms with Gasteiger partial charge in [0.25, 0.3) is 0 Å². The Bertz CT molecular complexity index is 909. The molecule has 0 saturated heterocycles. The summed E-state index contributed by atoms with van der Waals surface area (Å²) in [4.78, 5) is 17.3. The van der Waals surface area contributed by atoms with Gasteiger partial charge in [0.05, 0.1) is 37.4 Å². The van der Waals surface area contributed by atoms with Gasteiger partial charge in [-0.1, -0.05) is 0 Å². The topological polar surface area (TPSA) is 99.0 Å². The van der Waals surface area contributed by atoms with E-state index < -0.39 is 0 Å². The van der Waals surface area contributed by atoms with Crippen LogP contribution in [0.25, 0.3) is 5.82 Å². The van der Waals surface area contributed by atoms with Crippen molar-refractivity contribution >= 4 is 17.5 Å². The van der Waals surface area contributed by atoms with E-state index in [0.717, 1.165) is 12.2 Å². The van der Waals surface area contributed by atoms with Crippen molar-refractivity contribution in [2.24, 2.45) is 0 Å². The third-order valence-electron chi connectivity index (χ3n) is 3.67. The summed E-state index contributed by atoms with van der Waals surface area (Å²) in [5.41, 5.74) is 1.62. The molecule has 4 rings (SSSR count). The Morgan fingerprint density at radius 2 is 2.20 bits per heavy atom. The fourth-order valence-corrected chi connectivity index (χ4v) is 2.51. The van der Waals surface area contributed by atoms with Crippen molar-refractivity contribution in [3.8, 4) is 17.3 Å². The minimum Gasteiger partial charge on any atom is -0.493 e. The van der Waals surface area contributed by atoms with Crippen molar-refractivity contribution in [1.29, 1.82) is 0 Å². The van der Waals surface area contributed by atoms with Crippen molar-refractivity contribution in [2.45, 2.75) is 6.92 Å². The molecule has 1 aliphatic rings. The van der Waals surface area contributed by atoms with Crippen molar-refractivity contribution < 1.29 is 9.47 Å². The average molecular weight is 339 g/mol. The highest BCUT2D eigenvalue weighted by Gasteiger charge is 2.14. The third-order valence-corrected chi connectivity index (χ3v) is 3.67. The zero-order chi connectivity index (χ0) is 17.2. The molecule has 3 aromatic rings. The minimum atomic E-state index is 0.451. The van der Waals surface area contributed by atoms with Crippen LogP contribution >= 0.6 is 0 Å². The van der Waals surface area contributed by atoms with Gasteiger partial charge in [0.15, 0.2) is 23.1 Å². The normalized spacial score (nSPS) is 12.7. The molecule has 0 bridgehead atoms. The van der Waals surface area contributed by atoms with Crippen LogP contribution in [0.4, 0.5) is 17.5 Å². The monoisotopic (exact) mass is 339 g/mol. The van der Waals surface area contributed by atoms with E-state index in [1.807, 2.05) is 23.8 Å². The van der Waals surface area contributed by atoms with Crippen LogP contribution in [0, 0.1) is 6.92 Å². The van der Waals surface area contributed by atoms with Crippen LogP contribution in [0.1, 0.15) is 5.69 Å². The summed E-state index contributed by atoms with van der Waals surface area (Å²) >= 11 is 0. The predicted octanol–water partition coefficient (Wildman–Crippen LogP) is 1.92. The van der Waals surface area contributed by atoms with Crippen LogP contribution in [-0.2, 0) is 0 Å². The first-order valence-electron chi connectivity index (χ1n) is 7.78. The van der Waals surface area contributed by atoms with Crippen LogP contribution in [0.5, 0.6) is 11.5 Å². The van der Waals surface area contributed by atoms with Crippen LogP contribution in [0.3, 0.4) is 0 Å². The van der Waals surface area contributed by atoms with E-state index in [2.05, 4.69) is 30.6 Å². The first-order chi connectivity index (χ1) is 12.2. The van der Waals surface area contributed by atoms with Gasteiger partial charge in [0, 0.05) is 12.3 Å². The number of rotatable bonds is 4. The largest absolute Gasteiger partial charge is 0.493 e. The summed E-state index contributed by atoms with van der Waals surface area (Å²) in [6.07, 6.45) is 6.92. The van der Waals surface area contributed by atoms with Crippen LogP contribution in [0.2, 0.25) is 0 Å². The molecule has 128 valence electrons. The number of pyridine rings is 1. The summed E-state index contributed by atoms with van der Waals surface area (Å²) in [7, 11) is 1.60. The highest BCUT2D eigenvalue weighted by Crippen LogP contribution is 2.28. The molecule has 0 saturated carbocycles. The lowest BCUT2D eigenvalue weighted by molar-refractivity contribution is 0.320. The molecule has 0 aliphatic carbocycles. The van der Waals surface area contributed by atoms with Crippen LogP contribution in [-0.4, -0.2) is 44.8 Å². The highest BCUT2D eigenvalue weighted by molar-refractivity contribution is 5.61. The van der Waals surface area contributed by atoms with Crippen molar-refractivity contribution in [1.82, 2.24) is 24.5 Å². The van der Waals surface area contributed by atoms with Gasteiger partial charge >= 0.3 is 0 Å². The van der Waals surface area contributed by atoms with Gasteiger partial charge in [-0.15, -0.1) is 0 Å². The molecule has 3 aromatic heterocycles. The molecule has 0 spiro atoms. The molecule has 9 nitrogen and oxygen atoms in total. The lowest BCUT2D eigenvalue weighted by atomic mass is 10.3. The lowest BCUT2D eigenvalue weighted by Crippen LogP contribution is -2.19. The van der Waals surface area contributed by atoms with Crippen LogP contribution in [0.15, 0.2) is 31.0 Å². The molecule has 9 heteroatoms. The Morgan fingerprint density at radius 3 is 3.00 bits per heavy atom. The second kappa shape index (κ2) is 6.27. The van der Waals surface area contributed by atoms with E-state index in [-0.39, 0.29) is 0 Å². The molecule has 4 heterocycles. The van der Waals surface area contributed by atoms with Gasteiger partial charge in [0.2, 0.25) is 5.95 Å². The van der Waals surface area contributed by atoms with E-state index in [9.17, 15) is 0 Å². The van der Waals surface area contributed by atoms with E-state index in [4.69, 9.17) is 9.47 Å². The first kappa shape index (κ1) is 15.2. The summed E-state index contributed by atoms with van der Waals surface area (Å²) in [5.74, 6) is 3.05. The summed E-state index contributed by atoms with van der Waals surface area (Å²) in [6.45, 7) is 3.25. The van der Waals surface area contributed by atoms with E-state index in [1.54, 1.807) is 25.8 Å². The number of methoxy groups -OCH3 is 1. The molecule has 2 N–H and O–H groups in total. The van der Waals surface area contributed by atoms with Crippen LogP contribution < -0.4 is 20.1 Å². The summed E-state index contributed by atoms with van der Waals surface area (Å²) < 4.78 is 12.7. The lowest BCUT2D eigenvalue weighted by Gasteiger charge is -2.18. The number of ether oxygens (including phenoxy) is 2. The SMILES string of the molecule is COc1cc(Nc2ncc3c(n2)NCCO3)cnc1-n1cnc(C)c1. The molecular weight excluding hydrogens is 322 g/mol. The molecule has 0 radical (unpaired) electrons. The van der Waals surface area contributed by atoms with E-state index in [1.165, 1.54) is 0 Å². The molecule has 0 unspecified atom stereocenters. The Balaban J connectivity index is 1.61. The van der Waals surface area contributed by atoms with E-state index >= 15 is 0 Å². The number of hydrogen-bond acceptors (Lipinski definition) is 8. The highest BCUT2D eigenvalue weighted by atomic mass is 16.5. The molecule has 25 heavy (non-hydrogen) atoms. The Kier molecular flexibility index (Phi) is 3.81. The maximum atomic E-state index is 5.48. The number of aromatic nitrogens is 5. The number of nitrogens with zero attached hydrogens (tertiary/aromatic N) is 5. The first-order valence-corrected chi connectivity index (χ1v) is 7.78. The second-order valence-electron chi connectivity index (χ2n) is 5.48. The fraction of sp³-hybridized carbons (Fsp3) is 0.250. The van der Waals surface area contributed by atoms with Gasteiger partial charge in [0.1, 0.15) is 12.9 Å². The summed E-state index contributed by atoms with van der Waals surface area (Å²) in [5, 5.41) is 6.31. The van der Waals surface area contributed by atoms with Gasteiger partial charge in [-0.3, -0.25) is 4.57 Å². The maximum Gasteiger partial charge on any atom is 0.229 e. The molecule has 0 aromatic carbocycles. The number of fused-ring (bicyclic) bond motifs is 1. The zero-order valence-electron chi connectivity index (χ0n) is 13.9. The number of anilines is 3. The fourth-order valence-electron chi connectivity index (χ4n) is 2.51. The third kappa shape index (κ3) is 3.03. The number of hydrogen-bond donors (Lipinski definition) is 2. The Labute approximate surface area is 144 Å². The summed E-state index contributed by atoms with van der Waals surface area (Å²) in [6, 6.07) is 1.84. The standard InChI is InChI=1S/C16H17N7O2/c1-10-8-23(9-20-10)15-12(24-2)5-11(6-18-15)21-16-19-7-13-14(22-16)17-3-4-25-13/h5-9H,3-4H2,1-2H3,(H2,17,19,21,22). The minimum absolute atomic E-state index is 0.451. The van der Waals surface area contributed by atoms with Gasteiger partial charge in [-0.05, 0) is 6.92 Å². The van der Waals surface area contributed by atoms with Crippen molar-refractivity contribution in [2.75, 3.05) is 30.9 Å². The molecule has 0 fully saturated rings. The molecule has 0 atom stereocenters. The number of nitrogens with one attached hydrogen (secondary N) is 2. The predicted molar refractivity (Wildman–Crippen MR) is 91.9 cm³/mol. The van der Waals surface area contributed by atoms with Gasteiger partial charge in [-0.2, -0.15) is 4.98 Å². The maximum absolute atomic E-state index is 5.48. The van der Waals surface area contributed by atoms with Crippen molar-refractivity contribution in [3.05, 3.63) is 36.7 Å². The molecule has 0 amide bonds. The van der Waals surface area contributed by atoms with Gasteiger partial charge < -0.3 is 20.1 Å². The zero-order valence-corrected chi connectivity index (χ0v) is 13.9. The smallest absolute Gasteiger partial charge is 0.229 e. The number of imidazole rings is 1. The van der Waals surface area contributed by atoms with E-state index in [0.29, 0.717) is 41.4 Å². The second-order valence-corrected chi connectivity index (χ2v) is 5.48. The van der Waals surface area contributed by atoms with Crippen molar-refractivity contribution in [3.63, 3.8) is 0 Å².